The van der Waals surface area contributed by atoms with Crippen LogP contribution in [0.3, 0.4) is 0 Å². The van der Waals surface area contributed by atoms with Crippen LogP contribution in [-0.4, -0.2) is 154 Å². The molecule has 18 nitrogen and oxygen atoms in total. The lowest BCUT2D eigenvalue weighted by atomic mass is 9.85. The predicted octanol–water partition coefficient (Wildman–Crippen LogP) is 8.77. The maximum Gasteiger partial charge on any atom is 0.243 e. The van der Waals surface area contributed by atoms with E-state index in [9.17, 15) is 18.3 Å². The van der Waals surface area contributed by atoms with Gasteiger partial charge in [-0.3, -0.25) is 4.79 Å². The Morgan fingerprint density at radius 2 is 1.56 bits per heavy atom. The van der Waals surface area contributed by atoms with Crippen LogP contribution in [0.5, 0.6) is 17.2 Å². The third-order valence-electron chi connectivity index (χ3n) is 14.1. The number of nitrogens with zero attached hydrogens (tertiary/aromatic N) is 8. The molecule has 1 aliphatic rings. The number of carbonyl (C=O) groups is 1. The number of ether oxygens (including phenoxy) is 5. The van der Waals surface area contributed by atoms with Gasteiger partial charge in [0.1, 0.15) is 52.0 Å². The van der Waals surface area contributed by atoms with E-state index in [4.69, 9.17) is 40.3 Å². The number of sulfonamides is 1. The van der Waals surface area contributed by atoms with Crippen LogP contribution < -0.4 is 19.7 Å². The molecule has 21 heteroatoms. The SMILES string of the molecule is COc1cc(C(CC(C)=O)c2ccc(C)c(CN(C)S(=O)(=O)c3ccc(OCCOCCOCCOCCNc4nc(N5CCN(C)CC5)c5cc(Cl)c(-c6cc(O)cc7ccccc67)c(F)c5n4)cc3)c2)cc2nnn(C)c12. The Morgan fingerprint density at radius 3 is 2.28 bits per heavy atom. The van der Waals surface area contributed by atoms with Crippen LogP contribution in [0.1, 0.15) is 41.5 Å². The topological polar surface area (TPSA) is 196 Å². The van der Waals surface area contributed by atoms with Crippen LogP contribution >= 0.6 is 11.6 Å². The summed E-state index contributed by atoms with van der Waals surface area (Å²) in [5.74, 6) is 1.02. The number of phenolic OH excluding ortho intramolecular Hbond substituents is 1. The van der Waals surface area contributed by atoms with Crippen LogP contribution in [0.2, 0.25) is 5.02 Å². The second kappa shape index (κ2) is 25.4. The van der Waals surface area contributed by atoms with Crippen molar-refractivity contribution in [2.45, 2.75) is 37.6 Å². The highest BCUT2D eigenvalue weighted by molar-refractivity contribution is 7.89. The van der Waals surface area contributed by atoms with E-state index in [1.807, 2.05) is 61.5 Å². The summed E-state index contributed by atoms with van der Waals surface area (Å²) in [5.41, 5.74) is 5.57. The van der Waals surface area contributed by atoms with Crippen molar-refractivity contribution in [3.05, 3.63) is 130 Å². The lowest BCUT2D eigenvalue weighted by Gasteiger charge is -2.34. The van der Waals surface area contributed by atoms with Gasteiger partial charge in [-0.05, 0) is 114 Å². The van der Waals surface area contributed by atoms with Crippen LogP contribution in [0.4, 0.5) is 16.2 Å². The van der Waals surface area contributed by atoms with Gasteiger partial charge in [0.25, 0.3) is 0 Å². The first-order chi connectivity index (χ1) is 38.1. The van der Waals surface area contributed by atoms with Gasteiger partial charge in [-0.25, -0.2) is 22.5 Å². The third-order valence-corrected chi connectivity index (χ3v) is 16.2. The number of hydrogen-bond acceptors (Lipinski definition) is 16. The number of fused-ring (bicyclic) bond motifs is 3. The summed E-state index contributed by atoms with van der Waals surface area (Å²) in [7, 11) is 3.10. The number of ketones is 1. The zero-order valence-electron chi connectivity index (χ0n) is 45.2. The number of carbonyl (C=O) groups excluding carboxylic acids is 1. The van der Waals surface area contributed by atoms with Gasteiger partial charge in [0, 0.05) is 76.7 Å². The van der Waals surface area contributed by atoms with E-state index in [0.717, 1.165) is 51.6 Å². The smallest absolute Gasteiger partial charge is 0.243 e. The second-order valence-corrected chi connectivity index (χ2v) is 22.1. The first-order valence-electron chi connectivity index (χ1n) is 26.1. The van der Waals surface area contributed by atoms with E-state index in [1.165, 1.54) is 22.5 Å². The van der Waals surface area contributed by atoms with Crippen molar-refractivity contribution >= 4 is 71.9 Å². The highest BCUT2D eigenvalue weighted by Gasteiger charge is 2.27. The fraction of sp³-hybridized carbons (Fsp3) is 0.362. The number of Topliss-reactive ketones (excluding diaryl/α,β-unsaturated/α-hetero) is 1. The predicted molar refractivity (Wildman–Crippen MR) is 304 cm³/mol. The van der Waals surface area contributed by atoms with Crippen molar-refractivity contribution in [3.63, 3.8) is 0 Å². The maximum atomic E-state index is 16.8. The van der Waals surface area contributed by atoms with E-state index in [-0.39, 0.29) is 64.0 Å². The van der Waals surface area contributed by atoms with Gasteiger partial charge in [-0.2, -0.15) is 9.29 Å². The highest BCUT2D eigenvalue weighted by atomic mass is 35.5. The quantitative estimate of drug-likeness (QED) is 0.0515. The molecular formula is C58H65ClFN9O9S. The largest absolute Gasteiger partial charge is 0.508 e. The van der Waals surface area contributed by atoms with Gasteiger partial charge >= 0.3 is 0 Å². The molecule has 0 radical (unpaired) electrons. The zero-order chi connectivity index (χ0) is 55.8. The summed E-state index contributed by atoms with van der Waals surface area (Å²) in [6.45, 7) is 9.19. The van der Waals surface area contributed by atoms with Crippen LogP contribution in [0, 0.1) is 12.7 Å². The number of aromatic hydroxyl groups is 1. The monoisotopic (exact) mass is 1120 g/mol. The number of aromatic nitrogens is 5. The number of methoxy groups -OCH3 is 1. The molecule has 1 unspecified atom stereocenters. The molecule has 79 heavy (non-hydrogen) atoms. The lowest BCUT2D eigenvalue weighted by molar-refractivity contribution is -0.117. The molecular weight excluding hydrogens is 1050 g/mol. The Labute approximate surface area is 464 Å². The number of phenols is 1. The Bertz CT molecular complexity index is 3580. The summed E-state index contributed by atoms with van der Waals surface area (Å²) < 4.78 is 76.1. The lowest BCUT2D eigenvalue weighted by Crippen LogP contribution is -2.45. The highest BCUT2D eigenvalue weighted by Crippen LogP contribution is 2.43. The van der Waals surface area contributed by atoms with Crippen molar-refractivity contribution < 1.29 is 46.4 Å². The molecule has 9 rings (SSSR count). The number of hydrogen-bond donors (Lipinski definition) is 2. The number of aryl methyl sites for hydroxylation is 2. The molecule has 3 heterocycles. The maximum absolute atomic E-state index is 16.8. The summed E-state index contributed by atoms with van der Waals surface area (Å²) >= 11 is 6.88. The molecule has 6 aromatic carbocycles. The number of halogens is 2. The Kier molecular flexibility index (Phi) is 18.2. The van der Waals surface area contributed by atoms with Crippen molar-refractivity contribution in [1.82, 2.24) is 34.2 Å². The Balaban J connectivity index is 0.707. The number of nitrogens with one attached hydrogen (secondary N) is 1. The molecule has 1 atom stereocenters. The minimum atomic E-state index is -3.88. The third kappa shape index (κ3) is 13.2. The van der Waals surface area contributed by atoms with Crippen molar-refractivity contribution in [2.24, 2.45) is 7.05 Å². The molecule has 1 saturated heterocycles. The van der Waals surface area contributed by atoms with E-state index < -0.39 is 15.8 Å². The Hall–Kier alpha value is -7.04. The molecule has 1 fully saturated rings. The minimum absolute atomic E-state index is 0.0000204. The normalized spacial score (nSPS) is 13.7. The molecule has 0 aliphatic carbocycles. The van der Waals surface area contributed by atoms with Crippen LogP contribution in [0.25, 0.3) is 43.8 Å². The number of piperazine rings is 1. The van der Waals surface area contributed by atoms with E-state index in [1.54, 1.807) is 57.1 Å². The fourth-order valence-electron chi connectivity index (χ4n) is 9.80. The molecule has 2 N–H and O–H groups in total. The molecule has 2 aromatic heterocycles. The van der Waals surface area contributed by atoms with E-state index in [0.29, 0.717) is 93.1 Å². The van der Waals surface area contributed by atoms with Crippen molar-refractivity contribution in [2.75, 3.05) is 110 Å². The van der Waals surface area contributed by atoms with Crippen LogP contribution in [0.15, 0.2) is 102 Å². The summed E-state index contributed by atoms with van der Waals surface area (Å²) in [6.07, 6.45) is 0.234. The van der Waals surface area contributed by atoms with Gasteiger partial charge < -0.3 is 43.9 Å². The summed E-state index contributed by atoms with van der Waals surface area (Å²) in [5, 5.41) is 24.4. The molecule has 8 aromatic rings. The molecule has 0 saturated carbocycles. The average Bonchev–Trinajstić information content (AvgIpc) is 3.99. The first kappa shape index (κ1) is 56.7. The first-order valence-corrected chi connectivity index (χ1v) is 27.9. The fourth-order valence-corrected chi connectivity index (χ4v) is 11.2. The zero-order valence-corrected chi connectivity index (χ0v) is 46.7. The van der Waals surface area contributed by atoms with Gasteiger partial charge in [0.2, 0.25) is 16.0 Å². The average molecular weight is 1120 g/mol. The molecule has 416 valence electrons. The van der Waals surface area contributed by atoms with E-state index >= 15 is 4.39 Å². The van der Waals surface area contributed by atoms with Crippen molar-refractivity contribution in [1.29, 1.82) is 0 Å². The van der Waals surface area contributed by atoms with Gasteiger partial charge in [-0.1, -0.05) is 59.3 Å². The molecule has 1 aliphatic heterocycles. The molecule has 0 bridgehead atoms. The summed E-state index contributed by atoms with van der Waals surface area (Å²) in [4.78, 5) is 26.5. The number of rotatable bonds is 25. The molecule has 0 amide bonds. The standard InChI is InChI=1S/C58H65ClFN9O9S/c1-37-11-12-40(47(29-38(2)70)41-32-51-56(52(33-41)74-6)68(5)65-64-51)30-42(37)36-67(4)79(72,73)45-15-13-44(14-16-45)78-28-27-77-26-25-76-24-23-75-22-17-61-58-62-55-49(57(63-58)69-20-18-66(3)19-21-69)35-50(59)53(54(55)60)48-34-43(71)31-39-9-7-8-10-46(39)48/h7-16,30-35,47,71H,17-29,36H2,1-6H3,(H,61,62,63). The second-order valence-electron chi connectivity index (χ2n) is 19.6. The van der Waals surface area contributed by atoms with Gasteiger partial charge in [0.05, 0.1) is 56.7 Å². The van der Waals surface area contributed by atoms with Crippen molar-refractivity contribution in [3.8, 4) is 28.4 Å². The van der Waals surface area contributed by atoms with Gasteiger partial charge in [-0.15, -0.1) is 5.10 Å². The number of anilines is 2. The Morgan fingerprint density at radius 1 is 0.848 bits per heavy atom. The minimum Gasteiger partial charge on any atom is -0.508 e. The van der Waals surface area contributed by atoms with E-state index in [2.05, 4.69) is 37.5 Å². The van der Waals surface area contributed by atoms with Crippen LogP contribution in [-0.2, 0) is 42.6 Å². The number of benzene rings is 6. The van der Waals surface area contributed by atoms with Gasteiger partial charge in [0.15, 0.2) is 5.82 Å². The summed E-state index contributed by atoms with van der Waals surface area (Å²) in [6, 6.07) is 28.3. The molecule has 0 spiro atoms. The number of likely N-dealkylation sites (N-methyl/N-ethyl adjacent to an activating group) is 1.